The summed E-state index contributed by atoms with van der Waals surface area (Å²) in [5.41, 5.74) is 2.10. The molecule has 9 nitrogen and oxygen atoms in total. The van der Waals surface area contributed by atoms with Gasteiger partial charge < -0.3 is 15.1 Å². The Morgan fingerprint density at radius 3 is 2.62 bits per heavy atom. The van der Waals surface area contributed by atoms with E-state index in [1.54, 1.807) is 28.8 Å². The first-order valence-electron chi connectivity index (χ1n) is 10.8. The molecule has 1 saturated heterocycles. The molecule has 0 bridgehead atoms. The Morgan fingerprint density at radius 1 is 1.09 bits per heavy atom. The van der Waals surface area contributed by atoms with Crippen molar-refractivity contribution in [3.8, 4) is 0 Å². The number of piperazine rings is 1. The second kappa shape index (κ2) is 9.03. The lowest BCUT2D eigenvalue weighted by Gasteiger charge is -2.35. The van der Waals surface area contributed by atoms with Gasteiger partial charge in [0, 0.05) is 37.9 Å². The minimum absolute atomic E-state index is 0.0304. The van der Waals surface area contributed by atoms with Gasteiger partial charge in [0.15, 0.2) is 0 Å². The van der Waals surface area contributed by atoms with Crippen molar-refractivity contribution in [3.05, 3.63) is 69.4 Å². The number of hydrogen-bond acceptors (Lipinski definition) is 7. The van der Waals surface area contributed by atoms with Crippen molar-refractivity contribution in [3.63, 3.8) is 0 Å². The summed E-state index contributed by atoms with van der Waals surface area (Å²) in [5, 5.41) is 8.14. The van der Waals surface area contributed by atoms with Crippen LogP contribution in [-0.4, -0.2) is 62.5 Å². The number of nitrogens with one attached hydrogen (secondary N) is 1. The molecule has 3 aromatic heterocycles. The smallest absolute Gasteiger partial charge is 0.264 e. The van der Waals surface area contributed by atoms with Crippen molar-refractivity contribution < 1.29 is 9.59 Å². The largest absolute Gasteiger partial charge is 0.353 e. The summed E-state index contributed by atoms with van der Waals surface area (Å²) >= 11 is 7.41. The summed E-state index contributed by atoms with van der Waals surface area (Å²) in [6, 6.07) is 10.7. The van der Waals surface area contributed by atoms with Crippen LogP contribution in [0.3, 0.4) is 0 Å². The van der Waals surface area contributed by atoms with Crippen molar-refractivity contribution in [1.82, 2.24) is 24.5 Å². The topological polar surface area (TPSA) is 95.7 Å². The predicted octanol–water partition coefficient (Wildman–Crippen LogP) is 3.67. The Labute approximate surface area is 205 Å². The molecular weight excluding hydrogens is 474 g/mol. The SMILES string of the molecule is Cc1cc(N2CCN(C(=O)c3sc(NC(=O)c4ccccc4Cl)cc3C)CC2)n2ncnc2n1. The molecule has 1 aliphatic rings. The Hall–Kier alpha value is -3.50. The normalized spacial score (nSPS) is 14.0. The quantitative estimate of drug-likeness (QED) is 0.464. The number of amides is 2. The molecule has 2 amide bonds. The van der Waals surface area contributed by atoms with Crippen molar-refractivity contribution in [2.75, 3.05) is 36.4 Å². The zero-order chi connectivity index (χ0) is 23.8. The fourth-order valence-electron chi connectivity index (χ4n) is 4.00. The van der Waals surface area contributed by atoms with Crippen LogP contribution in [0.1, 0.15) is 31.3 Å². The molecule has 1 fully saturated rings. The molecule has 0 radical (unpaired) electrons. The van der Waals surface area contributed by atoms with Gasteiger partial charge in [0.2, 0.25) is 0 Å². The highest BCUT2D eigenvalue weighted by Gasteiger charge is 2.26. The number of fused-ring (bicyclic) bond motifs is 1. The fraction of sp³-hybridized carbons (Fsp3) is 0.261. The van der Waals surface area contributed by atoms with E-state index < -0.39 is 0 Å². The first-order chi connectivity index (χ1) is 16.4. The number of halogens is 1. The number of thiophene rings is 1. The van der Waals surface area contributed by atoms with E-state index in [4.69, 9.17) is 11.6 Å². The van der Waals surface area contributed by atoms with Gasteiger partial charge in [-0.2, -0.15) is 14.6 Å². The number of carbonyl (C=O) groups is 2. The lowest BCUT2D eigenvalue weighted by molar-refractivity contribution is 0.0750. The van der Waals surface area contributed by atoms with Gasteiger partial charge in [-0.1, -0.05) is 23.7 Å². The monoisotopic (exact) mass is 495 g/mol. The van der Waals surface area contributed by atoms with Crippen LogP contribution < -0.4 is 10.2 Å². The number of rotatable bonds is 4. The second-order valence-electron chi connectivity index (χ2n) is 8.06. The maximum absolute atomic E-state index is 13.3. The average Bonchev–Trinajstić information content (AvgIpc) is 3.44. The highest BCUT2D eigenvalue weighted by atomic mass is 35.5. The minimum Gasteiger partial charge on any atom is -0.353 e. The van der Waals surface area contributed by atoms with Crippen LogP contribution in [0.25, 0.3) is 5.78 Å². The van der Waals surface area contributed by atoms with Crippen molar-refractivity contribution in [2.45, 2.75) is 13.8 Å². The van der Waals surface area contributed by atoms with E-state index in [1.807, 2.05) is 30.9 Å². The summed E-state index contributed by atoms with van der Waals surface area (Å²) in [5.74, 6) is 1.15. The van der Waals surface area contributed by atoms with Gasteiger partial charge in [-0.25, -0.2) is 4.98 Å². The summed E-state index contributed by atoms with van der Waals surface area (Å²) in [6.45, 7) is 6.31. The molecule has 1 aromatic carbocycles. The molecule has 0 aliphatic carbocycles. The van der Waals surface area contributed by atoms with Crippen LogP contribution in [0, 0.1) is 13.8 Å². The van der Waals surface area contributed by atoms with E-state index in [0.717, 1.165) is 17.1 Å². The molecule has 1 aliphatic heterocycles. The van der Waals surface area contributed by atoms with Gasteiger partial charge in [-0.3, -0.25) is 9.59 Å². The maximum Gasteiger partial charge on any atom is 0.264 e. The zero-order valence-electron chi connectivity index (χ0n) is 18.7. The van der Waals surface area contributed by atoms with Crippen LogP contribution in [-0.2, 0) is 0 Å². The average molecular weight is 496 g/mol. The third-order valence-corrected chi connectivity index (χ3v) is 7.19. The van der Waals surface area contributed by atoms with E-state index in [-0.39, 0.29) is 11.8 Å². The molecule has 174 valence electrons. The Balaban J connectivity index is 1.27. The number of aromatic nitrogens is 4. The molecule has 0 saturated carbocycles. The third-order valence-electron chi connectivity index (χ3n) is 5.72. The highest BCUT2D eigenvalue weighted by Crippen LogP contribution is 2.29. The first-order valence-corrected chi connectivity index (χ1v) is 12.0. The lowest BCUT2D eigenvalue weighted by atomic mass is 10.2. The summed E-state index contributed by atoms with van der Waals surface area (Å²) in [7, 11) is 0. The molecule has 0 atom stereocenters. The van der Waals surface area contributed by atoms with Crippen LogP contribution >= 0.6 is 22.9 Å². The molecular formula is C23H22ClN7O2S. The maximum atomic E-state index is 13.3. The van der Waals surface area contributed by atoms with Crippen LogP contribution in [0.15, 0.2) is 42.7 Å². The molecule has 1 N–H and O–H groups in total. The first kappa shape index (κ1) is 22.3. The van der Waals surface area contributed by atoms with E-state index in [9.17, 15) is 9.59 Å². The summed E-state index contributed by atoms with van der Waals surface area (Å²) in [4.78, 5) is 39.1. The van der Waals surface area contributed by atoms with Gasteiger partial charge in [0.25, 0.3) is 17.6 Å². The zero-order valence-corrected chi connectivity index (χ0v) is 20.2. The molecule has 11 heteroatoms. The molecule has 5 rings (SSSR count). The fourth-order valence-corrected chi connectivity index (χ4v) is 5.26. The number of aryl methyl sites for hydroxylation is 2. The van der Waals surface area contributed by atoms with Gasteiger partial charge >= 0.3 is 0 Å². The Morgan fingerprint density at radius 2 is 1.85 bits per heavy atom. The second-order valence-corrected chi connectivity index (χ2v) is 9.52. The van der Waals surface area contributed by atoms with Crippen molar-refractivity contribution in [1.29, 1.82) is 0 Å². The highest BCUT2D eigenvalue weighted by molar-refractivity contribution is 7.18. The minimum atomic E-state index is -0.300. The van der Waals surface area contributed by atoms with E-state index in [1.165, 1.54) is 17.7 Å². The molecule has 0 unspecified atom stereocenters. The van der Waals surface area contributed by atoms with Crippen LogP contribution in [0.4, 0.5) is 10.8 Å². The summed E-state index contributed by atoms with van der Waals surface area (Å²) in [6.07, 6.45) is 1.49. The molecule has 4 aromatic rings. The van der Waals surface area contributed by atoms with E-state index in [0.29, 0.717) is 52.4 Å². The third kappa shape index (κ3) is 4.22. The summed E-state index contributed by atoms with van der Waals surface area (Å²) < 4.78 is 1.72. The number of benzene rings is 1. The number of nitrogens with zero attached hydrogens (tertiary/aromatic N) is 6. The Kier molecular flexibility index (Phi) is 5.93. The predicted molar refractivity (Wildman–Crippen MR) is 132 cm³/mol. The van der Waals surface area contributed by atoms with E-state index in [2.05, 4.69) is 25.3 Å². The molecule has 34 heavy (non-hydrogen) atoms. The van der Waals surface area contributed by atoms with Crippen LogP contribution in [0.2, 0.25) is 5.02 Å². The Bertz CT molecular complexity index is 1390. The van der Waals surface area contributed by atoms with Crippen molar-refractivity contribution >= 4 is 51.3 Å². The van der Waals surface area contributed by atoms with Crippen LogP contribution in [0.5, 0.6) is 0 Å². The van der Waals surface area contributed by atoms with Gasteiger partial charge in [-0.05, 0) is 37.6 Å². The molecule has 0 spiro atoms. The van der Waals surface area contributed by atoms with Gasteiger partial charge in [-0.15, -0.1) is 11.3 Å². The lowest BCUT2D eigenvalue weighted by Crippen LogP contribution is -2.49. The molecule has 4 heterocycles. The van der Waals surface area contributed by atoms with E-state index >= 15 is 0 Å². The number of hydrogen-bond donors (Lipinski definition) is 1. The number of carbonyl (C=O) groups excluding carboxylic acids is 2. The van der Waals surface area contributed by atoms with Crippen molar-refractivity contribution in [2.24, 2.45) is 0 Å². The standard InChI is InChI=1S/C23H22ClN7O2S/c1-14-11-18(28-21(32)16-5-3-4-6-17(16)24)34-20(14)22(33)30-9-7-29(8-10-30)19-12-15(2)27-23-25-13-26-31(19)23/h3-6,11-13H,7-10H2,1-2H3,(H,28,32). The van der Waals surface area contributed by atoms with Gasteiger partial charge in [0.1, 0.15) is 12.1 Å². The number of anilines is 2. The van der Waals surface area contributed by atoms with Gasteiger partial charge in [0.05, 0.1) is 20.5 Å².